The van der Waals surface area contributed by atoms with Crippen molar-refractivity contribution in [3.05, 3.63) is 58.3 Å². The Morgan fingerprint density at radius 1 is 1.10 bits per heavy atom. The van der Waals surface area contributed by atoms with Gasteiger partial charge in [-0.05, 0) is 30.3 Å². The smallest absolute Gasteiger partial charge is 0.244 e. The van der Waals surface area contributed by atoms with Crippen molar-refractivity contribution in [2.45, 2.75) is 17.1 Å². The number of thioether (sulfide) groups is 1. The molecule has 0 saturated carbocycles. The summed E-state index contributed by atoms with van der Waals surface area (Å²) in [4.78, 5) is 18.4. The molecule has 1 aromatic heterocycles. The minimum atomic E-state index is -3.75. The topological polar surface area (TPSA) is 70.6 Å². The van der Waals surface area contributed by atoms with Crippen LogP contribution < -0.4 is 0 Å². The maximum Gasteiger partial charge on any atom is 0.244 e. The molecule has 1 aliphatic rings. The maximum absolute atomic E-state index is 12.9. The van der Waals surface area contributed by atoms with Crippen LogP contribution in [0.4, 0.5) is 0 Å². The predicted molar refractivity (Wildman–Crippen MR) is 117 cm³/mol. The SMILES string of the molecule is O=C(CCSCc1ccccn1)N1CCN(S(=O)(=O)c2cc(Cl)ccc2Cl)CC1. The zero-order valence-corrected chi connectivity index (χ0v) is 18.8. The molecule has 0 aliphatic carbocycles. The molecule has 0 spiro atoms. The average molecular weight is 474 g/mol. The number of hydrogen-bond donors (Lipinski definition) is 0. The number of rotatable bonds is 7. The van der Waals surface area contributed by atoms with Gasteiger partial charge in [0.05, 0.1) is 10.7 Å². The van der Waals surface area contributed by atoms with Crippen molar-refractivity contribution in [1.82, 2.24) is 14.2 Å². The summed E-state index contributed by atoms with van der Waals surface area (Å²) in [6.07, 6.45) is 2.18. The Labute approximate surface area is 185 Å². The first-order valence-corrected chi connectivity index (χ1v) is 12.4. The van der Waals surface area contributed by atoms with Crippen LogP contribution in [0.25, 0.3) is 0 Å². The molecule has 1 fully saturated rings. The summed E-state index contributed by atoms with van der Waals surface area (Å²) in [6.45, 7) is 1.19. The zero-order chi connectivity index (χ0) is 20.9. The van der Waals surface area contributed by atoms with Crippen molar-refractivity contribution < 1.29 is 13.2 Å². The number of benzene rings is 1. The van der Waals surface area contributed by atoms with Gasteiger partial charge in [0.2, 0.25) is 15.9 Å². The van der Waals surface area contributed by atoms with E-state index in [0.717, 1.165) is 11.4 Å². The van der Waals surface area contributed by atoms with Crippen LogP contribution in [0.1, 0.15) is 12.1 Å². The molecule has 2 aromatic rings. The lowest BCUT2D eigenvalue weighted by molar-refractivity contribution is -0.131. The number of amides is 1. The third-order valence-electron chi connectivity index (χ3n) is 4.54. The molecule has 0 unspecified atom stereocenters. The Bertz CT molecular complexity index is 950. The lowest BCUT2D eigenvalue weighted by atomic mass is 10.3. The van der Waals surface area contributed by atoms with Crippen molar-refractivity contribution in [2.75, 3.05) is 31.9 Å². The normalized spacial score (nSPS) is 15.4. The van der Waals surface area contributed by atoms with Crippen LogP contribution in [-0.4, -0.2) is 60.4 Å². The van der Waals surface area contributed by atoms with E-state index in [4.69, 9.17) is 23.2 Å². The van der Waals surface area contributed by atoms with Crippen LogP contribution in [-0.2, 0) is 20.6 Å². The average Bonchev–Trinajstić information content (AvgIpc) is 2.73. The molecule has 0 N–H and O–H groups in total. The number of carbonyl (C=O) groups is 1. The fourth-order valence-electron chi connectivity index (χ4n) is 2.97. The van der Waals surface area contributed by atoms with Crippen LogP contribution in [0.5, 0.6) is 0 Å². The molecule has 6 nitrogen and oxygen atoms in total. The Balaban J connectivity index is 1.48. The molecule has 0 bridgehead atoms. The van der Waals surface area contributed by atoms with Crippen LogP contribution in [0.2, 0.25) is 10.0 Å². The van der Waals surface area contributed by atoms with E-state index in [0.29, 0.717) is 30.3 Å². The summed E-state index contributed by atoms with van der Waals surface area (Å²) in [7, 11) is -3.75. The maximum atomic E-state index is 12.9. The second-order valence-corrected chi connectivity index (χ2v) is 10.3. The second kappa shape index (κ2) is 10.1. The van der Waals surface area contributed by atoms with Crippen molar-refractivity contribution in [1.29, 1.82) is 0 Å². The van der Waals surface area contributed by atoms with Crippen LogP contribution in [0.3, 0.4) is 0 Å². The van der Waals surface area contributed by atoms with Gasteiger partial charge in [-0.3, -0.25) is 9.78 Å². The molecule has 0 atom stereocenters. The summed E-state index contributed by atoms with van der Waals surface area (Å²) in [5, 5.41) is 0.447. The molecular formula is C19H21Cl2N3O3S2. The molecule has 1 aliphatic heterocycles. The van der Waals surface area contributed by atoms with E-state index in [1.165, 1.54) is 16.4 Å². The van der Waals surface area contributed by atoms with Gasteiger partial charge in [0.15, 0.2) is 0 Å². The highest BCUT2D eigenvalue weighted by Gasteiger charge is 2.31. The molecular weight excluding hydrogens is 453 g/mol. The minimum absolute atomic E-state index is 0.00244. The fourth-order valence-corrected chi connectivity index (χ4v) is 5.97. The molecule has 0 radical (unpaired) electrons. The van der Waals surface area contributed by atoms with E-state index < -0.39 is 10.0 Å². The third-order valence-corrected chi connectivity index (χ3v) is 8.15. The Hall–Kier alpha value is -1.32. The molecule has 1 saturated heterocycles. The Kier molecular flexibility index (Phi) is 7.81. The summed E-state index contributed by atoms with van der Waals surface area (Å²) in [6, 6.07) is 10.1. The number of nitrogens with zero attached hydrogens (tertiary/aromatic N) is 3. The first-order chi connectivity index (χ1) is 13.9. The van der Waals surface area contributed by atoms with Crippen molar-refractivity contribution in [3.63, 3.8) is 0 Å². The molecule has 2 heterocycles. The first-order valence-electron chi connectivity index (χ1n) is 9.08. The predicted octanol–water partition coefficient (Wildman–Crippen LogP) is 3.54. The van der Waals surface area contributed by atoms with E-state index in [1.54, 1.807) is 28.9 Å². The quantitative estimate of drug-likeness (QED) is 0.575. The molecule has 29 heavy (non-hydrogen) atoms. The van der Waals surface area contributed by atoms with E-state index in [9.17, 15) is 13.2 Å². The highest BCUT2D eigenvalue weighted by molar-refractivity contribution is 7.98. The lowest BCUT2D eigenvalue weighted by Crippen LogP contribution is -2.50. The van der Waals surface area contributed by atoms with E-state index in [1.807, 2.05) is 18.2 Å². The summed E-state index contributed by atoms with van der Waals surface area (Å²) < 4.78 is 27.1. The van der Waals surface area contributed by atoms with Crippen LogP contribution in [0.15, 0.2) is 47.5 Å². The highest BCUT2D eigenvalue weighted by atomic mass is 35.5. The van der Waals surface area contributed by atoms with E-state index in [-0.39, 0.29) is 28.9 Å². The fraction of sp³-hybridized carbons (Fsp3) is 0.368. The molecule has 1 amide bonds. The first kappa shape index (κ1) is 22.4. The number of pyridine rings is 1. The molecule has 156 valence electrons. The summed E-state index contributed by atoms with van der Waals surface area (Å²) in [5.74, 6) is 1.50. The van der Waals surface area contributed by atoms with Gasteiger partial charge in [0.1, 0.15) is 4.90 Å². The Morgan fingerprint density at radius 3 is 2.55 bits per heavy atom. The van der Waals surface area contributed by atoms with Crippen molar-refractivity contribution >= 4 is 50.9 Å². The molecule has 10 heteroatoms. The lowest BCUT2D eigenvalue weighted by Gasteiger charge is -2.34. The monoisotopic (exact) mass is 473 g/mol. The zero-order valence-electron chi connectivity index (χ0n) is 15.6. The largest absolute Gasteiger partial charge is 0.340 e. The van der Waals surface area contributed by atoms with Gasteiger partial charge in [0.25, 0.3) is 0 Å². The summed E-state index contributed by atoms with van der Waals surface area (Å²) in [5.41, 5.74) is 0.989. The number of piperazine rings is 1. The van der Waals surface area contributed by atoms with Gasteiger partial charge >= 0.3 is 0 Å². The van der Waals surface area contributed by atoms with Crippen LogP contribution in [0, 0.1) is 0 Å². The summed E-state index contributed by atoms with van der Waals surface area (Å²) >= 11 is 13.6. The second-order valence-electron chi connectivity index (χ2n) is 6.48. The number of hydrogen-bond acceptors (Lipinski definition) is 5. The van der Waals surface area contributed by atoms with Gasteiger partial charge in [-0.25, -0.2) is 8.42 Å². The number of carbonyl (C=O) groups excluding carboxylic acids is 1. The van der Waals surface area contributed by atoms with Gasteiger partial charge in [0, 0.05) is 55.3 Å². The van der Waals surface area contributed by atoms with E-state index in [2.05, 4.69) is 4.98 Å². The third kappa shape index (κ3) is 5.86. The highest BCUT2D eigenvalue weighted by Crippen LogP contribution is 2.28. The minimum Gasteiger partial charge on any atom is -0.340 e. The standard InChI is InChI=1S/C19H21Cl2N3O3S2/c20-15-4-5-17(21)18(13-15)29(26,27)24-10-8-23(9-11-24)19(25)6-12-28-14-16-3-1-2-7-22-16/h1-5,7,13H,6,8-12,14H2. The van der Waals surface area contributed by atoms with Crippen molar-refractivity contribution in [2.24, 2.45) is 0 Å². The molecule has 3 rings (SSSR count). The number of aromatic nitrogens is 1. The number of halogens is 2. The molecule has 1 aromatic carbocycles. The Morgan fingerprint density at radius 2 is 1.86 bits per heavy atom. The van der Waals surface area contributed by atoms with Gasteiger partial charge in [-0.15, -0.1) is 0 Å². The van der Waals surface area contributed by atoms with Gasteiger partial charge in [-0.1, -0.05) is 29.3 Å². The number of sulfonamides is 1. The van der Waals surface area contributed by atoms with Gasteiger partial charge < -0.3 is 4.90 Å². The van der Waals surface area contributed by atoms with Crippen LogP contribution >= 0.6 is 35.0 Å². The van der Waals surface area contributed by atoms with E-state index >= 15 is 0 Å². The van der Waals surface area contributed by atoms with Crippen molar-refractivity contribution in [3.8, 4) is 0 Å². The van der Waals surface area contributed by atoms with Gasteiger partial charge in [-0.2, -0.15) is 16.1 Å².